The van der Waals surface area contributed by atoms with Crippen LogP contribution in [0.2, 0.25) is 0 Å². The molecule has 4 rings (SSSR count). The van der Waals surface area contributed by atoms with Gasteiger partial charge in [0.25, 0.3) is 0 Å². The van der Waals surface area contributed by atoms with Crippen molar-refractivity contribution in [3.05, 3.63) is 35.4 Å². The van der Waals surface area contributed by atoms with E-state index < -0.39 is 0 Å². The van der Waals surface area contributed by atoms with Crippen LogP contribution in [0.1, 0.15) is 49.7 Å². The van der Waals surface area contributed by atoms with Gasteiger partial charge in [-0.1, -0.05) is 24.3 Å². The number of aryl methyl sites for hydroxylation is 1. The van der Waals surface area contributed by atoms with E-state index >= 15 is 0 Å². The van der Waals surface area contributed by atoms with Gasteiger partial charge in [0.2, 0.25) is 5.91 Å². The van der Waals surface area contributed by atoms with E-state index in [0.29, 0.717) is 30.0 Å². The van der Waals surface area contributed by atoms with Gasteiger partial charge < -0.3 is 10.2 Å². The molecule has 3 aliphatic rings. The van der Waals surface area contributed by atoms with Crippen molar-refractivity contribution in [3.63, 3.8) is 0 Å². The van der Waals surface area contributed by atoms with Crippen molar-refractivity contribution < 1.29 is 4.79 Å². The van der Waals surface area contributed by atoms with Gasteiger partial charge in [-0.2, -0.15) is 0 Å². The molecule has 3 nitrogen and oxygen atoms in total. The van der Waals surface area contributed by atoms with Crippen LogP contribution in [0.3, 0.4) is 0 Å². The van der Waals surface area contributed by atoms with Crippen LogP contribution >= 0.6 is 12.4 Å². The van der Waals surface area contributed by atoms with E-state index in [1.807, 2.05) is 7.05 Å². The highest BCUT2D eigenvalue weighted by Gasteiger charge is 2.35. The molecule has 24 heavy (non-hydrogen) atoms. The molecule has 2 heterocycles. The van der Waals surface area contributed by atoms with E-state index in [4.69, 9.17) is 0 Å². The molecule has 0 spiro atoms. The summed E-state index contributed by atoms with van der Waals surface area (Å²) in [6.45, 7) is 0. The van der Waals surface area contributed by atoms with Crippen LogP contribution in [-0.4, -0.2) is 36.0 Å². The fourth-order valence-electron chi connectivity index (χ4n) is 4.95. The van der Waals surface area contributed by atoms with Crippen LogP contribution in [0.5, 0.6) is 0 Å². The molecule has 1 aromatic rings. The van der Waals surface area contributed by atoms with Crippen molar-refractivity contribution in [2.75, 3.05) is 7.05 Å². The molecule has 2 bridgehead atoms. The van der Waals surface area contributed by atoms with Crippen molar-refractivity contribution in [2.24, 2.45) is 5.92 Å². The first-order chi connectivity index (χ1) is 11.2. The molecule has 3 atom stereocenters. The zero-order valence-corrected chi connectivity index (χ0v) is 15.4. The van der Waals surface area contributed by atoms with Crippen LogP contribution in [0, 0.1) is 5.92 Å². The van der Waals surface area contributed by atoms with Crippen molar-refractivity contribution in [1.82, 2.24) is 10.2 Å². The van der Waals surface area contributed by atoms with E-state index in [9.17, 15) is 4.79 Å². The Morgan fingerprint density at radius 2 is 1.79 bits per heavy atom. The molecule has 4 heteroatoms. The zero-order valence-electron chi connectivity index (χ0n) is 14.5. The minimum Gasteiger partial charge on any atom is -0.342 e. The fourth-order valence-corrected chi connectivity index (χ4v) is 4.95. The van der Waals surface area contributed by atoms with Crippen molar-refractivity contribution in [2.45, 2.75) is 69.5 Å². The Hall–Kier alpha value is -1.06. The summed E-state index contributed by atoms with van der Waals surface area (Å²) in [6, 6.07) is 10.4. The van der Waals surface area contributed by atoms with Gasteiger partial charge >= 0.3 is 0 Å². The summed E-state index contributed by atoms with van der Waals surface area (Å²) in [5.41, 5.74) is 2.91. The Bertz CT molecular complexity index is 579. The summed E-state index contributed by atoms with van der Waals surface area (Å²) in [5.74, 6) is 0.959. The summed E-state index contributed by atoms with van der Waals surface area (Å²) in [5, 5.41) is 3.67. The number of carbonyl (C=O) groups is 1. The summed E-state index contributed by atoms with van der Waals surface area (Å²) in [4.78, 5) is 14.8. The lowest BCUT2D eigenvalue weighted by Gasteiger charge is -2.35. The molecule has 2 fully saturated rings. The first-order valence-electron chi connectivity index (χ1n) is 9.27. The van der Waals surface area contributed by atoms with Crippen LogP contribution in [0.4, 0.5) is 0 Å². The summed E-state index contributed by atoms with van der Waals surface area (Å²) in [7, 11) is 2.02. The molecule has 1 N–H and O–H groups in total. The van der Waals surface area contributed by atoms with Crippen molar-refractivity contribution in [1.29, 1.82) is 0 Å². The Morgan fingerprint density at radius 1 is 1.12 bits per heavy atom. The highest BCUT2D eigenvalue weighted by atomic mass is 35.5. The van der Waals surface area contributed by atoms with Crippen LogP contribution in [0.25, 0.3) is 0 Å². The molecular weight excluding hydrogens is 320 g/mol. The third-order valence-corrected chi connectivity index (χ3v) is 6.30. The maximum Gasteiger partial charge on any atom is 0.222 e. The molecule has 132 valence electrons. The van der Waals surface area contributed by atoms with Crippen molar-refractivity contribution in [3.8, 4) is 0 Å². The Balaban J connectivity index is 0.00000169. The predicted octanol–water partition coefficient (Wildman–Crippen LogP) is 3.34. The number of hydrogen-bond acceptors (Lipinski definition) is 2. The van der Waals surface area contributed by atoms with Crippen LogP contribution < -0.4 is 5.32 Å². The topological polar surface area (TPSA) is 32.3 Å². The Kier molecular flexibility index (Phi) is 5.51. The SMILES string of the molecule is CN(C(=O)CC1CC2CCC(C1)N2)C1CCc2ccccc2C1.Cl. The van der Waals surface area contributed by atoms with Crippen LogP contribution in [0.15, 0.2) is 24.3 Å². The molecule has 1 amide bonds. The second-order valence-electron chi connectivity index (χ2n) is 7.85. The lowest BCUT2D eigenvalue weighted by atomic mass is 9.86. The molecular formula is C20H29ClN2O. The van der Waals surface area contributed by atoms with Crippen molar-refractivity contribution >= 4 is 18.3 Å². The Labute approximate surface area is 151 Å². The van der Waals surface area contributed by atoms with E-state index in [-0.39, 0.29) is 12.4 Å². The first-order valence-corrected chi connectivity index (χ1v) is 9.27. The number of hydrogen-bond donors (Lipinski definition) is 1. The average molecular weight is 349 g/mol. The minimum absolute atomic E-state index is 0. The van der Waals surface area contributed by atoms with E-state index in [1.54, 1.807) is 0 Å². The number of halogens is 1. The maximum atomic E-state index is 12.8. The van der Waals surface area contributed by atoms with E-state index in [0.717, 1.165) is 25.7 Å². The monoisotopic (exact) mass is 348 g/mol. The molecule has 1 aliphatic carbocycles. The van der Waals surface area contributed by atoms with Gasteiger partial charge in [0.15, 0.2) is 0 Å². The minimum atomic E-state index is 0. The number of benzene rings is 1. The Morgan fingerprint density at radius 3 is 2.50 bits per heavy atom. The lowest BCUT2D eigenvalue weighted by molar-refractivity contribution is -0.133. The van der Waals surface area contributed by atoms with Gasteiger partial charge in [-0.3, -0.25) is 4.79 Å². The molecule has 2 aliphatic heterocycles. The second kappa shape index (κ2) is 7.45. The average Bonchev–Trinajstić information content (AvgIpc) is 2.92. The third-order valence-electron chi connectivity index (χ3n) is 6.30. The summed E-state index contributed by atoms with van der Waals surface area (Å²) in [6.07, 6.45) is 9.01. The highest BCUT2D eigenvalue weighted by molar-refractivity contribution is 5.85. The maximum absolute atomic E-state index is 12.8. The fraction of sp³-hybridized carbons (Fsp3) is 0.650. The molecule has 3 unspecified atom stereocenters. The highest BCUT2D eigenvalue weighted by Crippen LogP contribution is 2.33. The summed E-state index contributed by atoms with van der Waals surface area (Å²) >= 11 is 0. The number of amides is 1. The quantitative estimate of drug-likeness (QED) is 0.908. The molecule has 0 saturated carbocycles. The van der Waals surface area contributed by atoms with Gasteiger partial charge in [-0.25, -0.2) is 0 Å². The van der Waals surface area contributed by atoms with Gasteiger partial charge in [0.05, 0.1) is 0 Å². The van der Waals surface area contributed by atoms with Crippen LogP contribution in [-0.2, 0) is 17.6 Å². The standard InChI is InChI=1S/C20H28N2O.ClH/c1-22(19-9-6-15-4-2-3-5-16(15)13-19)20(23)12-14-10-17-7-8-18(11-14)21-17;/h2-5,14,17-19,21H,6-13H2,1H3;1H. The predicted molar refractivity (Wildman–Crippen MR) is 99.6 cm³/mol. The molecule has 0 radical (unpaired) electrons. The number of nitrogens with one attached hydrogen (secondary N) is 1. The largest absolute Gasteiger partial charge is 0.342 e. The van der Waals surface area contributed by atoms with Gasteiger partial charge in [-0.05, 0) is 62.0 Å². The first kappa shape index (κ1) is 17.8. The molecule has 0 aromatic heterocycles. The second-order valence-corrected chi connectivity index (χ2v) is 7.85. The van der Waals surface area contributed by atoms with Gasteiger partial charge in [0.1, 0.15) is 0 Å². The molecule has 2 saturated heterocycles. The van der Waals surface area contributed by atoms with E-state index in [1.165, 1.54) is 36.8 Å². The number of carbonyl (C=O) groups excluding carboxylic acids is 1. The number of rotatable bonds is 3. The number of fused-ring (bicyclic) bond motifs is 3. The molecule has 1 aromatic carbocycles. The number of likely N-dealkylation sites (N-methyl/N-ethyl adjacent to an activating group) is 1. The normalized spacial score (nSPS) is 31.0. The van der Waals surface area contributed by atoms with Gasteiger partial charge in [-0.15, -0.1) is 12.4 Å². The van der Waals surface area contributed by atoms with Gasteiger partial charge in [0, 0.05) is 31.6 Å². The summed E-state index contributed by atoms with van der Waals surface area (Å²) < 4.78 is 0. The smallest absolute Gasteiger partial charge is 0.222 e. The zero-order chi connectivity index (χ0) is 15.8. The number of nitrogens with zero attached hydrogens (tertiary/aromatic N) is 1. The third kappa shape index (κ3) is 3.62. The number of piperidine rings is 1. The van der Waals surface area contributed by atoms with E-state index in [2.05, 4.69) is 34.5 Å². The lowest BCUT2D eigenvalue weighted by Crippen LogP contribution is -2.43.